The number of anilines is 1. The Hall–Kier alpha value is -4.52. The summed E-state index contributed by atoms with van der Waals surface area (Å²) in [6, 6.07) is 28.4. The van der Waals surface area contributed by atoms with E-state index in [1.165, 1.54) is 17.2 Å². The number of furan rings is 1. The van der Waals surface area contributed by atoms with Crippen molar-refractivity contribution in [1.29, 1.82) is 0 Å². The van der Waals surface area contributed by atoms with Gasteiger partial charge in [-0.15, -0.1) is 0 Å². The molecule has 7 nitrogen and oxygen atoms in total. The number of fused-ring (bicyclic) bond motifs is 1. The van der Waals surface area contributed by atoms with Gasteiger partial charge in [-0.1, -0.05) is 42.5 Å². The van der Waals surface area contributed by atoms with E-state index in [2.05, 4.69) is 40.0 Å². The van der Waals surface area contributed by atoms with Crippen LogP contribution in [0.5, 0.6) is 5.75 Å². The van der Waals surface area contributed by atoms with Crippen molar-refractivity contribution in [3.63, 3.8) is 0 Å². The van der Waals surface area contributed by atoms with Crippen LogP contribution in [0.3, 0.4) is 0 Å². The highest BCUT2D eigenvalue weighted by molar-refractivity contribution is 5.98. The van der Waals surface area contributed by atoms with Crippen molar-refractivity contribution in [3.05, 3.63) is 119 Å². The number of hydrogen-bond acceptors (Lipinski definition) is 5. The molecule has 1 aliphatic rings. The van der Waals surface area contributed by atoms with E-state index in [9.17, 15) is 9.59 Å². The van der Waals surface area contributed by atoms with Crippen molar-refractivity contribution in [2.45, 2.75) is 19.6 Å². The Kier molecular flexibility index (Phi) is 6.48. The van der Waals surface area contributed by atoms with E-state index < -0.39 is 11.8 Å². The molecular weight excluding hydrogens is 442 g/mol. The molecule has 176 valence electrons. The number of hydrazine groups is 1. The van der Waals surface area contributed by atoms with Crippen molar-refractivity contribution < 1.29 is 18.7 Å². The van der Waals surface area contributed by atoms with Crippen LogP contribution in [0.15, 0.2) is 95.4 Å². The third kappa shape index (κ3) is 5.35. The Bertz CT molecular complexity index is 1320. The monoisotopic (exact) mass is 467 g/mol. The molecule has 0 saturated carbocycles. The summed E-state index contributed by atoms with van der Waals surface area (Å²) in [6.45, 7) is 1.97. The predicted molar refractivity (Wildman–Crippen MR) is 132 cm³/mol. The van der Waals surface area contributed by atoms with Crippen LogP contribution in [0, 0.1) is 0 Å². The fourth-order valence-electron chi connectivity index (χ4n) is 4.04. The van der Waals surface area contributed by atoms with Crippen LogP contribution < -0.4 is 20.5 Å². The molecule has 0 unspecified atom stereocenters. The molecule has 4 aromatic rings. The van der Waals surface area contributed by atoms with Gasteiger partial charge in [-0.25, -0.2) is 0 Å². The van der Waals surface area contributed by atoms with Crippen molar-refractivity contribution in [3.8, 4) is 5.75 Å². The van der Waals surface area contributed by atoms with Crippen LogP contribution in [0.4, 0.5) is 5.69 Å². The van der Waals surface area contributed by atoms with Crippen LogP contribution >= 0.6 is 0 Å². The molecule has 1 aromatic heterocycles. The van der Waals surface area contributed by atoms with Crippen LogP contribution in [-0.4, -0.2) is 18.4 Å². The Morgan fingerprint density at radius 3 is 2.31 bits per heavy atom. The van der Waals surface area contributed by atoms with Crippen molar-refractivity contribution in [2.24, 2.45) is 0 Å². The van der Waals surface area contributed by atoms with Crippen molar-refractivity contribution in [1.82, 2.24) is 10.9 Å². The van der Waals surface area contributed by atoms with Gasteiger partial charge in [-0.05, 0) is 66.1 Å². The number of nitrogens with zero attached hydrogens (tertiary/aromatic N) is 1. The maximum Gasteiger partial charge on any atom is 0.305 e. The summed E-state index contributed by atoms with van der Waals surface area (Å²) in [5.41, 5.74) is 9.05. The number of nitrogens with one attached hydrogen (secondary N) is 2. The lowest BCUT2D eigenvalue weighted by Crippen LogP contribution is -2.41. The zero-order chi connectivity index (χ0) is 24.0. The van der Waals surface area contributed by atoms with Crippen LogP contribution in [-0.2, 0) is 19.6 Å². The molecule has 2 N–H and O–H groups in total. The van der Waals surface area contributed by atoms with E-state index in [4.69, 9.17) is 9.15 Å². The standard InChI is InChI=1S/C28H25N3O4/c32-27(21-10-12-23(13-11-21)31-17-16-20-6-4-5-7-22(20)18-31)29-30-28(33)26-15-14-25(35-26)19-34-24-8-2-1-3-9-24/h1-15H,16-19H2,(H,29,32)(H,30,33). The average molecular weight is 468 g/mol. The minimum absolute atomic E-state index is 0.0812. The molecule has 2 amide bonds. The van der Waals surface area contributed by atoms with E-state index in [1.807, 2.05) is 42.5 Å². The molecule has 0 fully saturated rings. The highest BCUT2D eigenvalue weighted by Crippen LogP contribution is 2.24. The second-order valence-electron chi connectivity index (χ2n) is 8.26. The number of para-hydroxylation sites is 1. The van der Waals surface area contributed by atoms with E-state index in [1.54, 1.807) is 18.2 Å². The molecule has 0 spiro atoms. The molecule has 2 heterocycles. The normalized spacial score (nSPS) is 12.5. The number of carbonyl (C=O) groups excluding carboxylic acids is 2. The van der Waals surface area contributed by atoms with Gasteiger partial charge < -0.3 is 14.1 Å². The molecule has 3 aromatic carbocycles. The van der Waals surface area contributed by atoms with Crippen LogP contribution in [0.1, 0.15) is 37.8 Å². The molecule has 0 aliphatic carbocycles. The molecular formula is C28H25N3O4. The highest BCUT2D eigenvalue weighted by atomic mass is 16.5. The molecule has 1 aliphatic heterocycles. The quantitative estimate of drug-likeness (QED) is 0.408. The topological polar surface area (TPSA) is 83.8 Å². The SMILES string of the molecule is O=C(NNC(=O)c1ccc(COc2ccccc2)o1)c1ccc(N2CCc3ccccc3C2)cc1. The van der Waals surface area contributed by atoms with Gasteiger partial charge in [-0.3, -0.25) is 20.4 Å². The fourth-order valence-corrected chi connectivity index (χ4v) is 4.04. The predicted octanol–water partition coefficient (Wildman–Crippen LogP) is 4.50. The number of amides is 2. The lowest BCUT2D eigenvalue weighted by atomic mass is 9.99. The van der Waals surface area contributed by atoms with Gasteiger partial charge in [0.15, 0.2) is 5.76 Å². The summed E-state index contributed by atoms with van der Waals surface area (Å²) in [6.07, 6.45) is 0.997. The molecule has 0 atom stereocenters. The second kappa shape index (κ2) is 10.2. The molecule has 0 radical (unpaired) electrons. The lowest BCUT2D eigenvalue weighted by Gasteiger charge is -2.30. The van der Waals surface area contributed by atoms with Gasteiger partial charge in [0.2, 0.25) is 0 Å². The number of benzene rings is 3. The third-order valence-corrected chi connectivity index (χ3v) is 5.92. The first-order valence-electron chi connectivity index (χ1n) is 11.4. The van der Waals surface area contributed by atoms with E-state index in [-0.39, 0.29) is 12.4 Å². The number of ether oxygens (including phenoxy) is 1. The first-order valence-corrected chi connectivity index (χ1v) is 11.4. The maximum atomic E-state index is 12.5. The van der Waals surface area contributed by atoms with Gasteiger partial charge in [0.25, 0.3) is 5.91 Å². The van der Waals surface area contributed by atoms with E-state index in [0.717, 1.165) is 25.2 Å². The molecule has 5 rings (SSSR count). The Morgan fingerprint density at radius 2 is 1.51 bits per heavy atom. The maximum absolute atomic E-state index is 12.5. The third-order valence-electron chi connectivity index (χ3n) is 5.92. The van der Waals surface area contributed by atoms with Gasteiger partial charge in [0.05, 0.1) is 0 Å². The lowest BCUT2D eigenvalue weighted by molar-refractivity contribution is 0.0828. The summed E-state index contributed by atoms with van der Waals surface area (Å²) in [5, 5.41) is 0. The minimum atomic E-state index is -0.548. The van der Waals surface area contributed by atoms with Gasteiger partial charge >= 0.3 is 5.91 Å². The Balaban J connectivity index is 1.12. The molecule has 35 heavy (non-hydrogen) atoms. The smallest absolute Gasteiger partial charge is 0.305 e. The van der Waals surface area contributed by atoms with Crippen LogP contribution in [0.25, 0.3) is 0 Å². The first-order chi connectivity index (χ1) is 17.2. The van der Waals surface area contributed by atoms with Crippen LogP contribution in [0.2, 0.25) is 0 Å². The zero-order valence-corrected chi connectivity index (χ0v) is 19.1. The molecule has 0 bridgehead atoms. The summed E-state index contributed by atoms with van der Waals surface area (Å²) in [7, 11) is 0. The van der Waals surface area contributed by atoms with Gasteiger partial charge in [-0.2, -0.15) is 0 Å². The molecule has 0 saturated heterocycles. The number of carbonyl (C=O) groups is 2. The number of rotatable bonds is 6. The van der Waals surface area contributed by atoms with E-state index in [0.29, 0.717) is 17.1 Å². The zero-order valence-electron chi connectivity index (χ0n) is 19.1. The first kappa shape index (κ1) is 22.3. The summed E-state index contributed by atoms with van der Waals surface area (Å²) in [4.78, 5) is 27.2. The van der Waals surface area contributed by atoms with Gasteiger partial charge in [0.1, 0.15) is 18.1 Å². The molecule has 7 heteroatoms. The fraction of sp³-hybridized carbons (Fsp3) is 0.143. The minimum Gasteiger partial charge on any atom is -0.486 e. The summed E-state index contributed by atoms with van der Waals surface area (Å²) < 4.78 is 11.1. The second-order valence-corrected chi connectivity index (χ2v) is 8.26. The summed E-state index contributed by atoms with van der Waals surface area (Å²) >= 11 is 0. The van der Waals surface area contributed by atoms with E-state index >= 15 is 0 Å². The average Bonchev–Trinajstić information content (AvgIpc) is 3.40. The Morgan fingerprint density at radius 1 is 0.800 bits per heavy atom. The van der Waals surface area contributed by atoms with Crippen molar-refractivity contribution in [2.75, 3.05) is 11.4 Å². The highest BCUT2D eigenvalue weighted by Gasteiger charge is 2.17. The Labute approximate surface area is 203 Å². The summed E-state index contributed by atoms with van der Waals surface area (Å²) in [5.74, 6) is 0.332. The van der Waals surface area contributed by atoms with Crippen molar-refractivity contribution >= 4 is 17.5 Å². The number of hydrogen-bond donors (Lipinski definition) is 2. The largest absolute Gasteiger partial charge is 0.486 e. The van der Waals surface area contributed by atoms with Gasteiger partial charge in [0, 0.05) is 24.3 Å².